The average molecular weight is 161 g/mol. The summed E-state index contributed by atoms with van der Waals surface area (Å²) >= 11 is 0. The van der Waals surface area contributed by atoms with Gasteiger partial charge in [-0.15, -0.1) is 0 Å². The highest BCUT2D eigenvalue weighted by Crippen LogP contribution is 1.96. The van der Waals surface area contributed by atoms with E-state index in [1.165, 1.54) is 0 Å². The maximum atomic E-state index is 9.20. The van der Waals surface area contributed by atoms with E-state index in [2.05, 4.69) is 10.5 Å². The van der Waals surface area contributed by atoms with Gasteiger partial charge >= 0.3 is 0 Å². The minimum absolute atomic E-state index is 0.106. The first-order valence-corrected chi connectivity index (χ1v) is 3.35. The maximum Gasteiger partial charge on any atom is 0.153 e. The molecule has 0 aliphatic rings. The van der Waals surface area contributed by atoms with Crippen molar-refractivity contribution in [2.24, 2.45) is 10.9 Å². The Balaban J connectivity index is 3.43. The first-order chi connectivity index (χ1) is 4.95. The van der Waals surface area contributed by atoms with E-state index in [0.717, 1.165) is 0 Å². The molecule has 0 aromatic carbocycles. The van der Waals surface area contributed by atoms with E-state index in [4.69, 9.17) is 10.9 Å². The fraction of sp³-hybridized carbons (Fsp3) is 0.833. The van der Waals surface area contributed by atoms with Gasteiger partial charge < -0.3 is 21.4 Å². The Labute approximate surface area is 65.9 Å². The van der Waals surface area contributed by atoms with Gasteiger partial charge in [-0.1, -0.05) is 5.16 Å². The zero-order valence-electron chi connectivity index (χ0n) is 6.83. The van der Waals surface area contributed by atoms with Crippen molar-refractivity contribution < 1.29 is 10.3 Å². The van der Waals surface area contributed by atoms with Crippen LogP contribution in [0.1, 0.15) is 13.8 Å². The zero-order chi connectivity index (χ0) is 8.91. The van der Waals surface area contributed by atoms with Crippen molar-refractivity contribution in [1.82, 2.24) is 5.32 Å². The lowest BCUT2D eigenvalue weighted by atomic mass is 10.1. The van der Waals surface area contributed by atoms with Gasteiger partial charge in [-0.3, -0.25) is 0 Å². The summed E-state index contributed by atoms with van der Waals surface area (Å²) < 4.78 is 0. The van der Waals surface area contributed by atoms with Crippen LogP contribution >= 0.6 is 0 Å². The molecule has 5 nitrogen and oxygen atoms in total. The molecule has 0 aromatic rings. The van der Waals surface area contributed by atoms with Crippen LogP contribution in [0.2, 0.25) is 0 Å². The van der Waals surface area contributed by atoms with Gasteiger partial charge in [-0.05, 0) is 13.8 Å². The average Bonchev–Trinajstić information content (AvgIpc) is 1.85. The lowest BCUT2D eigenvalue weighted by Gasteiger charge is -2.16. The second kappa shape index (κ2) is 4.15. The number of hydrogen-bond donors (Lipinski definition) is 4. The molecule has 0 aliphatic carbocycles. The molecule has 0 aromatic heterocycles. The van der Waals surface area contributed by atoms with Gasteiger partial charge in [0.2, 0.25) is 0 Å². The Hall–Kier alpha value is -0.810. The molecule has 0 radical (unpaired) electrons. The summed E-state index contributed by atoms with van der Waals surface area (Å²) in [5, 5.41) is 22.9. The highest BCUT2D eigenvalue weighted by Gasteiger charge is 2.10. The van der Waals surface area contributed by atoms with Crippen molar-refractivity contribution in [1.29, 1.82) is 0 Å². The van der Waals surface area contributed by atoms with Crippen LogP contribution in [0.3, 0.4) is 0 Å². The maximum absolute atomic E-state index is 9.20. The monoisotopic (exact) mass is 161 g/mol. The number of nitrogens with one attached hydrogen (secondary N) is 1. The smallest absolute Gasteiger partial charge is 0.153 e. The van der Waals surface area contributed by atoms with Crippen molar-refractivity contribution in [2.75, 3.05) is 13.1 Å². The second-order valence-electron chi connectivity index (χ2n) is 3.01. The SMILES string of the molecule is CC(C)(O)CNCC(N)=NO. The third-order valence-corrected chi connectivity index (χ3v) is 0.992. The van der Waals surface area contributed by atoms with Crippen molar-refractivity contribution in [3.05, 3.63) is 0 Å². The summed E-state index contributed by atoms with van der Waals surface area (Å²) in [6, 6.07) is 0. The normalized spacial score (nSPS) is 13.5. The van der Waals surface area contributed by atoms with Crippen LogP contribution in [0.25, 0.3) is 0 Å². The Morgan fingerprint density at radius 1 is 1.64 bits per heavy atom. The number of hydrogen-bond acceptors (Lipinski definition) is 4. The number of oxime groups is 1. The van der Waals surface area contributed by atoms with Crippen LogP contribution in [0.4, 0.5) is 0 Å². The highest BCUT2D eigenvalue weighted by molar-refractivity contribution is 5.81. The van der Waals surface area contributed by atoms with Crippen LogP contribution in [-0.2, 0) is 0 Å². The third kappa shape index (κ3) is 7.08. The summed E-state index contributed by atoms with van der Waals surface area (Å²) in [5.41, 5.74) is 4.39. The summed E-state index contributed by atoms with van der Waals surface area (Å²) in [6.07, 6.45) is 0. The van der Waals surface area contributed by atoms with Gasteiger partial charge in [0.05, 0.1) is 12.1 Å². The molecule has 5 N–H and O–H groups in total. The fourth-order valence-corrected chi connectivity index (χ4v) is 0.532. The minimum Gasteiger partial charge on any atom is -0.409 e. The molecule has 11 heavy (non-hydrogen) atoms. The van der Waals surface area contributed by atoms with E-state index >= 15 is 0 Å². The van der Waals surface area contributed by atoms with Crippen LogP contribution < -0.4 is 11.1 Å². The van der Waals surface area contributed by atoms with E-state index in [1.54, 1.807) is 13.8 Å². The molecule has 0 bridgehead atoms. The van der Waals surface area contributed by atoms with E-state index in [9.17, 15) is 5.11 Å². The first kappa shape index (κ1) is 10.2. The molecule has 0 fully saturated rings. The van der Waals surface area contributed by atoms with Crippen LogP contribution in [0.15, 0.2) is 5.16 Å². The number of rotatable bonds is 4. The summed E-state index contributed by atoms with van der Waals surface area (Å²) in [6.45, 7) is 4.03. The van der Waals surface area contributed by atoms with Crippen LogP contribution in [0.5, 0.6) is 0 Å². The third-order valence-electron chi connectivity index (χ3n) is 0.992. The predicted octanol–water partition coefficient (Wildman–Crippen LogP) is -0.907. The molecule has 0 rings (SSSR count). The van der Waals surface area contributed by atoms with Gasteiger partial charge in [-0.25, -0.2) is 0 Å². The molecular formula is C6H15N3O2. The fourth-order valence-electron chi connectivity index (χ4n) is 0.532. The molecule has 0 atom stereocenters. The van der Waals surface area contributed by atoms with Crippen molar-refractivity contribution in [3.8, 4) is 0 Å². The topological polar surface area (TPSA) is 90.9 Å². The number of nitrogens with zero attached hydrogens (tertiary/aromatic N) is 1. The molecule has 0 aliphatic heterocycles. The highest BCUT2D eigenvalue weighted by atomic mass is 16.4. The van der Waals surface area contributed by atoms with Gasteiger partial charge in [0, 0.05) is 6.54 Å². The molecule has 5 heteroatoms. The van der Waals surface area contributed by atoms with Crippen molar-refractivity contribution >= 4 is 5.84 Å². The molecule has 66 valence electrons. The summed E-state index contributed by atoms with van der Waals surface area (Å²) in [5.74, 6) is 0.106. The summed E-state index contributed by atoms with van der Waals surface area (Å²) in [7, 11) is 0. The molecule has 0 unspecified atom stereocenters. The summed E-state index contributed by atoms with van der Waals surface area (Å²) in [4.78, 5) is 0. The van der Waals surface area contributed by atoms with Gasteiger partial charge in [0.25, 0.3) is 0 Å². The minimum atomic E-state index is -0.768. The predicted molar refractivity (Wildman–Crippen MR) is 42.6 cm³/mol. The Kier molecular flexibility index (Phi) is 3.84. The molecule has 0 amide bonds. The number of amidine groups is 1. The van der Waals surface area contributed by atoms with Crippen LogP contribution in [0, 0.1) is 0 Å². The quantitative estimate of drug-likeness (QED) is 0.186. The van der Waals surface area contributed by atoms with E-state index in [1.807, 2.05) is 0 Å². The zero-order valence-corrected chi connectivity index (χ0v) is 6.83. The van der Waals surface area contributed by atoms with E-state index in [-0.39, 0.29) is 12.4 Å². The largest absolute Gasteiger partial charge is 0.409 e. The Morgan fingerprint density at radius 3 is 2.55 bits per heavy atom. The molecule has 0 spiro atoms. The lowest BCUT2D eigenvalue weighted by molar-refractivity contribution is 0.0812. The number of nitrogens with two attached hydrogens (primary N) is 1. The standard InChI is InChI=1S/C6H15N3O2/c1-6(2,10)4-8-3-5(7)9-11/h8,10-11H,3-4H2,1-2H3,(H2,7,9). The first-order valence-electron chi connectivity index (χ1n) is 3.35. The van der Waals surface area contributed by atoms with E-state index in [0.29, 0.717) is 6.54 Å². The Bertz CT molecular complexity index is 139. The van der Waals surface area contributed by atoms with E-state index < -0.39 is 5.60 Å². The number of aliphatic hydroxyl groups is 1. The molecular weight excluding hydrogens is 146 g/mol. The lowest BCUT2D eigenvalue weighted by Crippen LogP contribution is -2.39. The van der Waals surface area contributed by atoms with Gasteiger partial charge in [0.1, 0.15) is 0 Å². The second-order valence-corrected chi connectivity index (χ2v) is 3.01. The molecule has 0 heterocycles. The van der Waals surface area contributed by atoms with Gasteiger partial charge in [0.15, 0.2) is 5.84 Å². The van der Waals surface area contributed by atoms with Crippen molar-refractivity contribution in [2.45, 2.75) is 19.4 Å². The van der Waals surface area contributed by atoms with Crippen molar-refractivity contribution in [3.63, 3.8) is 0 Å². The van der Waals surface area contributed by atoms with Crippen LogP contribution in [-0.4, -0.2) is 34.8 Å². The molecule has 0 saturated carbocycles. The van der Waals surface area contributed by atoms with Gasteiger partial charge in [-0.2, -0.15) is 0 Å². The Morgan fingerprint density at radius 2 is 2.18 bits per heavy atom. The molecule has 0 saturated heterocycles.